The van der Waals surface area contributed by atoms with E-state index in [1.165, 1.54) is 16.9 Å². The van der Waals surface area contributed by atoms with Crippen molar-refractivity contribution in [3.63, 3.8) is 0 Å². The van der Waals surface area contributed by atoms with E-state index in [1.54, 1.807) is 42.3 Å². The molecule has 0 N–H and O–H groups in total. The van der Waals surface area contributed by atoms with Gasteiger partial charge in [0.05, 0.1) is 23.0 Å². The lowest BCUT2D eigenvalue weighted by Gasteiger charge is -2.05. The highest BCUT2D eigenvalue weighted by molar-refractivity contribution is 5.83. The number of hydrogen-bond acceptors (Lipinski definition) is 7. The van der Waals surface area contributed by atoms with Crippen LogP contribution in [0.1, 0.15) is 5.82 Å². The van der Waals surface area contributed by atoms with Crippen molar-refractivity contribution in [3.05, 3.63) is 72.8 Å². The largest absolute Gasteiger partial charge is 0.468 e. The number of nitrogens with zero attached hydrogens (tertiary/aromatic N) is 8. The molecule has 5 rings (SSSR count). The van der Waals surface area contributed by atoms with E-state index in [-0.39, 0.29) is 18.0 Å². The molecule has 0 aliphatic rings. The molecule has 0 radical (unpaired) electrons. The summed E-state index contributed by atoms with van der Waals surface area (Å²) in [5, 5.41) is 16.8. The van der Waals surface area contributed by atoms with E-state index in [2.05, 4.69) is 30.4 Å². The average molecular weight is 402 g/mol. The van der Waals surface area contributed by atoms with E-state index in [1.807, 2.05) is 18.2 Å². The molecule has 0 unspecified atom stereocenters. The highest BCUT2D eigenvalue weighted by Gasteiger charge is 2.22. The molecule has 9 nitrogen and oxygen atoms in total. The van der Waals surface area contributed by atoms with E-state index >= 15 is 0 Å². The molecule has 0 aliphatic carbocycles. The summed E-state index contributed by atoms with van der Waals surface area (Å²) < 4.78 is 23.6. The Labute approximate surface area is 169 Å². The second-order valence-corrected chi connectivity index (χ2v) is 6.43. The second kappa shape index (κ2) is 7.32. The Kier molecular flexibility index (Phi) is 4.36. The molecule has 0 fully saturated rings. The van der Waals surface area contributed by atoms with Crippen molar-refractivity contribution in [3.8, 4) is 28.5 Å². The van der Waals surface area contributed by atoms with Crippen LogP contribution in [0.5, 0.6) is 5.88 Å². The van der Waals surface area contributed by atoms with Gasteiger partial charge in [-0.15, -0.1) is 10.2 Å². The maximum atomic E-state index is 14.4. The fourth-order valence-electron chi connectivity index (χ4n) is 3.12. The number of benzene rings is 1. The molecule has 4 aromatic heterocycles. The Morgan fingerprint density at radius 2 is 1.93 bits per heavy atom. The first-order chi connectivity index (χ1) is 14.7. The van der Waals surface area contributed by atoms with Crippen molar-refractivity contribution in [1.29, 1.82) is 0 Å². The first kappa shape index (κ1) is 17.9. The van der Waals surface area contributed by atoms with E-state index in [0.717, 1.165) is 0 Å². The van der Waals surface area contributed by atoms with Gasteiger partial charge in [-0.1, -0.05) is 18.2 Å². The zero-order valence-corrected chi connectivity index (χ0v) is 15.8. The van der Waals surface area contributed by atoms with Crippen LogP contribution in [0.15, 0.2) is 61.2 Å². The van der Waals surface area contributed by atoms with E-state index in [4.69, 9.17) is 4.74 Å². The number of ether oxygens (including phenoxy) is 1. The molecular weight excluding hydrogens is 387 g/mol. The number of rotatable bonds is 5. The van der Waals surface area contributed by atoms with Crippen LogP contribution < -0.4 is 4.74 Å². The Morgan fingerprint density at radius 1 is 1.07 bits per heavy atom. The number of aromatic nitrogens is 8. The van der Waals surface area contributed by atoms with Crippen LogP contribution >= 0.6 is 0 Å². The molecule has 5 aromatic rings. The molecule has 0 saturated carbocycles. The van der Waals surface area contributed by atoms with Crippen LogP contribution in [-0.2, 0) is 13.7 Å². The quantitative estimate of drug-likeness (QED) is 0.446. The van der Waals surface area contributed by atoms with Crippen LogP contribution in [0.25, 0.3) is 28.2 Å². The molecule has 10 heteroatoms. The van der Waals surface area contributed by atoms with Crippen LogP contribution in [0.3, 0.4) is 0 Å². The number of pyridine rings is 1. The van der Waals surface area contributed by atoms with Gasteiger partial charge in [0.25, 0.3) is 0 Å². The summed E-state index contributed by atoms with van der Waals surface area (Å²) in [5.41, 5.74) is 2.15. The molecule has 0 atom stereocenters. The summed E-state index contributed by atoms with van der Waals surface area (Å²) in [6, 6.07) is 11.9. The number of halogens is 1. The Morgan fingerprint density at radius 3 is 2.70 bits per heavy atom. The molecule has 0 spiro atoms. The number of aryl methyl sites for hydroxylation is 1. The molecule has 30 heavy (non-hydrogen) atoms. The van der Waals surface area contributed by atoms with E-state index < -0.39 is 5.82 Å². The molecule has 1 aromatic carbocycles. The van der Waals surface area contributed by atoms with Crippen molar-refractivity contribution >= 4 is 5.52 Å². The molecule has 0 aliphatic heterocycles. The Hall–Kier alpha value is -4.21. The molecule has 0 saturated heterocycles. The summed E-state index contributed by atoms with van der Waals surface area (Å²) in [5.74, 6) is 0.778. The standard InChI is InChI=1S/C20H15FN8O/c1-28-17(23-12-25-28)11-30-20-18(15-8-4-5-9-22-15)16-10-24-26-19(29(16)27-20)13-6-2-3-7-14(13)21/h2-10,12H,11H2,1H3. The van der Waals surface area contributed by atoms with Crippen LogP contribution in [0.4, 0.5) is 4.39 Å². The van der Waals surface area contributed by atoms with Gasteiger partial charge >= 0.3 is 0 Å². The normalized spacial score (nSPS) is 11.1. The topological polar surface area (TPSA) is 95.9 Å². The van der Waals surface area contributed by atoms with Crippen molar-refractivity contribution in [2.75, 3.05) is 0 Å². The third-order valence-electron chi connectivity index (χ3n) is 4.60. The van der Waals surface area contributed by atoms with Gasteiger partial charge in [0.15, 0.2) is 11.6 Å². The number of fused-ring (bicyclic) bond motifs is 1. The first-order valence-corrected chi connectivity index (χ1v) is 9.09. The summed E-state index contributed by atoms with van der Waals surface area (Å²) in [6.07, 6.45) is 4.68. The zero-order valence-electron chi connectivity index (χ0n) is 15.8. The van der Waals surface area contributed by atoms with Crippen molar-refractivity contribution in [2.24, 2.45) is 7.05 Å². The average Bonchev–Trinajstić information content (AvgIpc) is 3.36. The van der Waals surface area contributed by atoms with Gasteiger partial charge in [-0.25, -0.2) is 13.9 Å². The maximum Gasteiger partial charge on any atom is 0.244 e. The minimum Gasteiger partial charge on any atom is -0.468 e. The van der Waals surface area contributed by atoms with Gasteiger partial charge in [0, 0.05) is 13.2 Å². The minimum absolute atomic E-state index is 0.149. The highest BCUT2D eigenvalue weighted by Crippen LogP contribution is 2.34. The fraction of sp³-hybridized carbons (Fsp3) is 0.100. The monoisotopic (exact) mass is 402 g/mol. The van der Waals surface area contributed by atoms with Gasteiger partial charge in [-0.05, 0) is 24.3 Å². The lowest BCUT2D eigenvalue weighted by atomic mass is 10.1. The van der Waals surface area contributed by atoms with E-state index in [0.29, 0.717) is 28.5 Å². The summed E-state index contributed by atoms with van der Waals surface area (Å²) >= 11 is 0. The van der Waals surface area contributed by atoms with Gasteiger partial charge in [0.2, 0.25) is 5.88 Å². The summed E-state index contributed by atoms with van der Waals surface area (Å²) in [4.78, 5) is 8.59. The van der Waals surface area contributed by atoms with Gasteiger partial charge in [-0.2, -0.15) is 10.2 Å². The van der Waals surface area contributed by atoms with Gasteiger partial charge in [-0.3, -0.25) is 9.67 Å². The van der Waals surface area contributed by atoms with Crippen molar-refractivity contribution in [1.82, 2.24) is 39.6 Å². The second-order valence-electron chi connectivity index (χ2n) is 6.43. The predicted octanol–water partition coefficient (Wildman–Crippen LogP) is 2.70. The maximum absolute atomic E-state index is 14.4. The molecular formula is C20H15FN8O. The fourth-order valence-corrected chi connectivity index (χ4v) is 3.12. The molecule has 4 heterocycles. The minimum atomic E-state index is -0.421. The van der Waals surface area contributed by atoms with Crippen LogP contribution in [-0.4, -0.2) is 39.6 Å². The third-order valence-corrected chi connectivity index (χ3v) is 4.60. The zero-order chi connectivity index (χ0) is 20.5. The van der Waals surface area contributed by atoms with Crippen LogP contribution in [0, 0.1) is 5.82 Å². The van der Waals surface area contributed by atoms with E-state index in [9.17, 15) is 4.39 Å². The third kappa shape index (κ3) is 3.04. The van der Waals surface area contributed by atoms with Crippen LogP contribution in [0.2, 0.25) is 0 Å². The first-order valence-electron chi connectivity index (χ1n) is 9.09. The lowest BCUT2D eigenvalue weighted by molar-refractivity contribution is 0.278. The van der Waals surface area contributed by atoms with Crippen molar-refractivity contribution in [2.45, 2.75) is 6.61 Å². The number of hydrogen-bond donors (Lipinski definition) is 0. The van der Waals surface area contributed by atoms with Gasteiger partial charge in [0.1, 0.15) is 24.3 Å². The summed E-state index contributed by atoms with van der Waals surface area (Å²) in [6.45, 7) is 0.149. The van der Waals surface area contributed by atoms with Crippen molar-refractivity contribution < 1.29 is 9.13 Å². The van der Waals surface area contributed by atoms with Gasteiger partial charge < -0.3 is 4.74 Å². The smallest absolute Gasteiger partial charge is 0.244 e. The predicted molar refractivity (Wildman–Crippen MR) is 105 cm³/mol. The molecule has 0 amide bonds. The molecule has 0 bridgehead atoms. The summed E-state index contributed by atoms with van der Waals surface area (Å²) in [7, 11) is 1.78. The highest BCUT2D eigenvalue weighted by atomic mass is 19.1. The molecule has 148 valence electrons. The Bertz CT molecular complexity index is 1330. The Balaban J connectivity index is 1.69. The lowest BCUT2D eigenvalue weighted by Crippen LogP contribution is -2.05. The SMILES string of the molecule is Cn1ncnc1COc1nn2c(-c3ccccc3F)nncc2c1-c1ccccn1.